The maximum atomic E-state index is 13.6. The van der Waals surface area contributed by atoms with E-state index in [2.05, 4.69) is 33.2 Å². The number of hydrogen-bond acceptors (Lipinski definition) is 4. The largest absolute Gasteiger partial charge is 0.370 e. The fraction of sp³-hybridized carbons (Fsp3) is 0.357. The molecule has 5 rings (SSSR count). The van der Waals surface area contributed by atoms with Gasteiger partial charge in [0.25, 0.3) is 0 Å². The zero-order valence-electron chi connectivity index (χ0n) is 20.1. The van der Waals surface area contributed by atoms with Crippen LogP contribution in [-0.4, -0.2) is 45.6 Å². The smallest absolute Gasteiger partial charge is 0.126 e. The van der Waals surface area contributed by atoms with Crippen LogP contribution in [0.1, 0.15) is 31.7 Å². The predicted molar refractivity (Wildman–Crippen MR) is 141 cm³/mol. The Morgan fingerprint density at radius 3 is 2.74 bits per heavy atom. The normalized spacial score (nSPS) is 15.1. The highest BCUT2D eigenvalue weighted by molar-refractivity contribution is 6.33. The molecule has 7 heteroatoms. The predicted octanol–water partition coefficient (Wildman–Crippen LogP) is 6.47. The fourth-order valence-electron chi connectivity index (χ4n) is 4.93. The van der Waals surface area contributed by atoms with E-state index in [9.17, 15) is 4.39 Å². The van der Waals surface area contributed by atoms with E-state index in [4.69, 9.17) is 11.6 Å². The van der Waals surface area contributed by atoms with E-state index in [-0.39, 0.29) is 5.82 Å². The van der Waals surface area contributed by atoms with Gasteiger partial charge in [-0.15, -0.1) is 0 Å². The van der Waals surface area contributed by atoms with Crippen LogP contribution in [0.5, 0.6) is 0 Å². The minimum atomic E-state index is -0.234. The number of nitrogens with zero attached hydrogens (tertiary/aromatic N) is 4. The van der Waals surface area contributed by atoms with Crippen LogP contribution in [0.3, 0.4) is 0 Å². The summed E-state index contributed by atoms with van der Waals surface area (Å²) in [6.45, 7) is 7.27. The zero-order valence-corrected chi connectivity index (χ0v) is 20.8. The van der Waals surface area contributed by atoms with E-state index < -0.39 is 0 Å². The number of imidazole rings is 1. The van der Waals surface area contributed by atoms with Gasteiger partial charge in [-0.2, -0.15) is 0 Å². The summed E-state index contributed by atoms with van der Waals surface area (Å²) < 4.78 is 15.7. The van der Waals surface area contributed by atoms with Crippen molar-refractivity contribution in [3.8, 4) is 11.1 Å². The van der Waals surface area contributed by atoms with E-state index >= 15 is 0 Å². The van der Waals surface area contributed by atoms with Crippen LogP contribution in [0, 0.1) is 11.7 Å². The summed E-state index contributed by atoms with van der Waals surface area (Å²) in [5.41, 5.74) is 4.69. The highest BCUT2D eigenvalue weighted by atomic mass is 35.5. The first-order chi connectivity index (χ1) is 17.1. The molecule has 182 valence electrons. The van der Waals surface area contributed by atoms with Gasteiger partial charge in [-0.1, -0.05) is 36.7 Å². The number of piperidine rings is 1. The number of rotatable bonds is 8. The average molecular weight is 492 g/mol. The number of likely N-dealkylation sites (tertiary alicyclic amines) is 1. The average Bonchev–Trinajstić information content (AvgIpc) is 3.27. The van der Waals surface area contributed by atoms with Gasteiger partial charge in [-0.3, -0.25) is 0 Å². The molecule has 3 heterocycles. The van der Waals surface area contributed by atoms with Gasteiger partial charge in [0.2, 0.25) is 0 Å². The van der Waals surface area contributed by atoms with Gasteiger partial charge >= 0.3 is 0 Å². The molecule has 1 fully saturated rings. The molecular weight excluding hydrogens is 461 g/mol. The summed E-state index contributed by atoms with van der Waals surface area (Å²) in [7, 11) is 0. The molecule has 35 heavy (non-hydrogen) atoms. The SMILES string of the molecule is CCN1CCC(CCNc2cc(-c3ccc4ncn(Cc5cccc(F)c5)c4c3)c(Cl)cn2)CC1. The Balaban J connectivity index is 1.30. The third kappa shape index (κ3) is 5.65. The Hall–Kier alpha value is -2.96. The highest BCUT2D eigenvalue weighted by Gasteiger charge is 2.17. The summed E-state index contributed by atoms with van der Waals surface area (Å²) in [6.07, 6.45) is 7.22. The molecule has 4 aromatic rings. The number of nitrogens with one attached hydrogen (secondary N) is 1. The van der Waals surface area contributed by atoms with Crippen molar-refractivity contribution in [1.29, 1.82) is 0 Å². The van der Waals surface area contributed by atoms with Crippen molar-refractivity contribution in [3.05, 3.63) is 77.5 Å². The van der Waals surface area contributed by atoms with Crippen LogP contribution >= 0.6 is 11.6 Å². The lowest BCUT2D eigenvalue weighted by Gasteiger charge is -2.31. The molecule has 0 aliphatic carbocycles. The van der Waals surface area contributed by atoms with E-state index in [0.29, 0.717) is 11.6 Å². The van der Waals surface area contributed by atoms with E-state index in [1.54, 1.807) is 24.7 Å². The third-order valence-corrected chi connectivity index (χ3v) is 7.34. The molecule has 1 aliphatic heterocycles. The van der Waals surface area contributed by atoms with Crippen LogP contribution in [0.4, 0.5) is 10.2 Å². The maximum absolute atomic E-state index is 13.6. The standard InChI is InChI=1S/C28H31ClFN5/c1-2-34-12-9-20(10-13-34)8-11-31-28-16-24(25(29)17-32-28)22-6-7-26-27(15-22)35(19-33-26)18-21-4-3-5-23(30)14-21/h3-7,14-17,19-20H,2,8-13,18H2,1H3,(H,31,32). The van der Waals surface area contributed by atoms with Crippen molar-refractivity contribution < 1.29 is 4.39 Å². The molecule has 5 nitrogen and oxygen atoms in total. The van der Waals surface area contributed by atoms with Gasteiger partial charge in [0, 0.05) is 24.8 Å². The molecule has 2 aromatic heterocycles. The Morgan fingerprint density at radius 1 is 1.09 bits per heavy atom. The first-order valence-corrected chi connectivity index (χ1v) is 12.8. The molecule has 1 saturated heterocycles. The van der Waals surface area contributed by atoms with Crippen molar-refractivity contribution in [2.75, 3.05) is 31.5 Å². The molecule has 0 atom stereocenters. The Labute approximate surface area is 211 Å². The lowest BCUT2D eigenvalue weighted by Crippen LogP contribution is -2.33. The number of aromatic nitrogens is 3. The van der Waals surface area contributed by atoms with Crippen LogP contribution in [0.15, 0.2) is 61.1 Å². The van der Waals surface area contributed by atoms with Crippen LogP contribution in [0.25, 0.3) is 22.2 Å². The second-order valence-corrected chi connectivity index (χ2v) is 9.76. The van der Waals surface area contributed by atoms with Crippen LogP contribution < -0.4 is 5.32 Å². The second-order valence-electron chi connectivity index (χ2n) is 9.35. The van der Waals surface area contributed by atoms with Crippen molar-refractivity contribution >= 4 is 28.5 Å². The number of benzene rings is 2. The Kier molecular flexibility index (Phi) is 7.30. The van der Waals surface area contributed by atoms with Gasteiger partial charge in [-0.25, -0.2) is 14.4 Å². The first kappa shape index (κ1) is 23.8. The minimum Gasteiger partial charge on any atom is -0.370 e. The quantitative estimate of drug-likeness (QED) is 0.306. The number of halogens is 2. The molecule has 0 bridgehead atoms. The Bertz CT molecular complexity index is 1300. The number of pyridine rings is 1. The van der Waals surface area contributed by atoms with Crippen molar-refractivity contribution in [2.45, 2.75) is 32.7 Å². The summed E-state index contributed by atoms with van der Waals surface area (Å²) >= 11 is 6.57. The molecule has 0 unspecified atom stereocenters. The van der Waals surface area contributed by atoms with E-state index in [1.165, 1.54) is 32.0 Å². The molecule has 0 amide bonds. The van der Waals surface area contributed by atoms with Gasteiger partial charge < -0.3 is 14.8 Å². The highest BCUT2D eigenvalue weighted by Crippen LogP contribution is 2.32. The van der Waals surface area contributed by atoms with Gasteiger partial charge in [0.05, 0.1) is 22.4 Å². The van der Waals surface area contributed by atoms with Crippen LogP contribution in [0.2, 0.25) is 5.02 Å². The molecule has 0 spiro atoms. The molecule has 2 aromatic carbocycles. The van der Waals surface area contributed by atoms with Gasteiger partial charge in [0.1, 0.15) is 11.6 Å². The summed E-state index contributed by atoms with van der Waals surface area (Å²) in [5, 5.41) is 4.11. The number of hydrogen-bond donors (Lipinski definition) is 1. The lowest BCUT2D eigenvalue weighted by atomic mass is 9.93. The number of fused-ring (bicyclic) bond motifs is 1. The molecule has 0 radical (unpaired) electrons. The molecular formula is C28H31ClFN5. The number of anilines is 1. The molecule has 1 N–H and O–H groups in total. The maximum Gasteiger partial charge on any atom is 0.126 e. The monoisotopic (exact) mass is 491 g/mol. The fourth-order valence-corrected chi connectivity index (χ4v) is 5.15. The second kappa shape index (κ2) is 10.8. The molecule has 1 aliphatic rings. The van der Waals surface area contributed by atoms with E-state index in [1.807, 2.05) is 28.8 Å². The third-order valence-electron chi connectivity index (χ3n) is 7.04. The summed E-state index contributed by atoms with van der Waals surface area (Å²) in [5.74, 6) is 1.38. The zero-order chi connectivity index (χ0) is 24.2. The van der Waals surface area contributed by atoms with E-state index in [0.717, 1.165) is 59.0 Å². The van der Waals surface area contributed by atoms with Crippen molar-refractivity contribution in [1.82, 2.24) is 19.4 Å². The first-order valence-electron chi connectivity index (χ1n) is 12.4. The van der Waals surface area contributed by atoms with Crippen molar-refractivity contribution in [2.24, 2.45) is 5.92 Å². The summed E-state index contributed by atoms with van der Waals surface area (Å²) in [4.78, 5) is 11.5. The van der Waals surface area contributed by atoms with Gasteiger partial charge in [0.15, 0.2) is 0 Å². The van der Waals surface area contributed by atoms with Gasteiger partial charge in [-0.05, 0) is 86.3 Å². The topological polar surface area (TPSA) is 46.0 Å². The molecule has 0 saturated carbocycles. The Morgan fingerprint density at radius 2 is 1.94 bits per heavy atom. The summed E-state index contributed by atoms with van der Waals surface area (Å²) in [6, 6.07) is 14.8. The minimum absolute atomic E-state index is 0.234. The van der Waals surface area contributed by atoms with Crippen LogP contribution in [-0.2, 0) is 6.54 Å². The lowest BCUT2D eigenvalue weighted by molar-refractivity contribution is 0.189. The van der Waals surface area contributed by atoms with Crippen molar-refractivity contribution in [3.63, 3.8) is 0 Å².